The van der Waals surface area contributed by atoms with Gasteiger partial charge in [-0.3, -0.25) is 15.5 Å². The molecule has 0 fully saturated rings. The van der Waals surface area contributed by atoms with Gasteiger partial charge in [-0.2, -0.15) is 0 Å². The van der Waals surface area contributed by atoms with E-state index in [1.54, 1.807) is 24.3 Å². The maximum Gasteiger partial charge on any atom is 0.265 e. The average molecular weight is 252 g/mol. The van der Waals surface area contributed by atoms with Gasteiger partial charge < -0.3 is 5.32 Å². The maximum absolute atomic E-state index is 13.3. The summed E-state index contributed by atoms with van der Waals surface area (Å²) in [5, 5.41) is 11.5. The fraction of sp³-hybridized carbons (Fsp3) is 0. The fourth-order valence-electron chi connectivity index (χ4n) is 1.27. The van der Waals surface area contributed by atoms with Gasteiger partial charge in [0.05, 0.1) is 10.6 Å². The first kappa shape index (κ1) is 11.6. The van der Waals surface area contributed by atoms with E-state index in [0.29, 0.717) is 9.88 Å². The first-order valence-electron chi connectivity index (χ1n) is 4.76. The number of amides is 1. The van der Waals surface area contributed by atoms with Gasteiger partial charge in [0.25, 0.3) is 5.91 Å². The third kappa shape index (κ3) is 2.61. The highest BCUT2D eigenvalue weighted by molar-refractivity contribution is 7.18. The molecule has 2 aromatic rings. The Morgan fingerprint density at radius 1 is 1.24 bits per heavy atom. The summed E-state index contributed by atoms with van der Waals surface area (Å²) in [5.74, 6) is -0.903. The molecule has 6 heteroatoms. The van der Waals surface area contributed by atoms with Crippen molar-refractivity contribution in [3.05, 3.63) is 47.1 Å². The Balaban J connectivity index is 2.14. The van der Waals surface area contributed by atoms with E-state index in [0.717, 1.165) is 11.3 Å². The minimum Gasteiger partial charge on any atom is -0.319 e. The van der Waals surface area contributed by atoms with E-state index in [-0.39, 0.29) is 5.69 Å². The Morgan fingerprint density at radius 2 is 2.00 bits per heavy atom. The predicted molar refractivity (Wildman–Crippen MR) is 64.1 cm³/mol. The van der Waals surface area contributed by atoms with Crippen LogP contribution in [0.4, 0.5) is 15.1 Å². The predicted octanol–water partition coefficient (Wildman–Crippen LogP) is 2.94. The summed E-state index contributed by atoms with van der Waals surface area (Å²) in [4.78, 5) is 12.1. The number of halogens is 1. The van der Waals surface area contributed by atoms with Crippen molar-refractivity contribution in [3.8, 4) is 0 Å². The molecule has 0 bridgehead atoms. The minimum absolute atomic E-state index is 0.129. The molecule has 0 unspecified atom stereocenters. The lowest BCUT2D eigenvalue weighted by Crippen LogP contribution is -2.11. The monoisotopic (exact) mass is 252 g/mol. The molecule has 1 heterocycles. The number of nitrogens with one attached hydrogen (secondary N) is 2. The number of hydrogen-bond acceptors (Lipinski definition) is 4. The van der Waals surface area contributed by atoms with Crippen LogP contribution < -0.4 is 10.8 Å². The molecule has 4 nitrogen and oxygen atoms in total. The van der Waals surface area contributed by atoms with Crippen LogP contribution in [0.15, 0.2) is 36.4 Å². The molecule has 0 radical (unpaired) electrons. The zero-order chi connectivity index (χ0) is 12.3. The second-order valence-electron chi connectivity index (χ2n) is 3.21. The van der Waals surface area contributed by atoms with Crippen molar-refractivity contribution in [1.82, 2.24) is 0 Å². The molecule has 1 amide bonds. The van der Waals surface area contributed by atoms with Crippen molar-refractivity contribution < 1.29 is 14.4 Å². The van der Waals surface area contributed by atoms with E-state index in [1.807, 2.05) is 5.48 Å². The van der Waals surface area contributed by atoms with E-state index >= 15 is 0 Å². The van der Waals surface area contributed by atoms with Gasteiger partial charge in [-0.25, -0.2) is 4.39 Å². The van der Waals surface area contributed by atoms with Crippen LogP contribution in [-0.4, -0.2) is 11.1 Å². The number of hydrogen-bond donors (Lipinski definition) is 3. The molecule has 0 saturated heterocycles. The zero-order valence-electron chi connectivity index (χ0n) is 8.61. The van der Waals surface area contributed by atoms with Crippen LogP contribution in [0.25, 0.3) is 0 Å². The Labute approximate surface area is 101 Å². The third-order valence-corrected chi connectivity index (χ3v) is 3.05. The average Bonchev–Trinajstić information content (AvgIpc) is 2.81. The maximum atomic E-state index is 13.3. The topological polar surface area (TPSA) is 61.4 Å². The Kier molecular flexibility index (Phi) is 3.36. The molecular formula is C11H9FN2O2S. The van der Waals surface area contributed by atoms with Gasteiger partial charge in [0.1, 0.15) is 10.8 Å². The van der Waals surface area contributed by atoms with Crippen molar-refractivity contribution in [2.75, 3.05) is 10.8 Å². The summed E-state index contributed by atoms with van der Waals surface area (Å²) in [6.45, 7) is 0. The van der Waals surface area contributed by atoms with Crippen LogP contribution in [0, 0.1) is 5.82 Å². The van der Waals surface area contributed by atoms with E-state index in [9.17, 15) is 9.18 Å². The highest BCUT2D eigenvalue weighted by Crippen LogP contribution is 2.22. The van der Waals surface area contributed by atoms with E-state index in [2.05, 4.69) is 5.32 Å². The van der Waals surface area contributed by atoms with Crippen LogP contribution >= 0.6 is 11.3 Å². The lowest BCUT2D eigenvalue weighted by atomic mass is 10.3. The van der Waals surface area contributed by atoms with Crippen molar-refractivity contribution >= 4 is 27.9 Å². The number of benzene rings is 1. The van der Waals surface area contributed by atoms with Gasteiger partial charge in [0, 0.05) is 0 Å². The summed E-state index contributed by atoms with van der Waals surface area (Å²) in [5.41, 5.74) is 2.07. The Morgan fingerprint density at radius 3 is 2.65 bits per heavy atom. The van der Waals surface area contributed by atoms with E-state index in [1.165, 1.54) is 12.1 Å². The Hall–Kier alpha value is -1.92. The second kappa shape index (κ2) is 4.94. The summed E-state index contributed by atoms with van der Waals surface area (Å²) in [6.07, 6.45) is 0. The number of thiophene rings is 1. The molecule has 0 saturated carbocycles. The molecule has 0 aliphatic rings. The normalized spacial score (nSPS) is 10.0. The first-order valence-corrected chi connectivity index (χ1v) is 5.58. The molecule has 17 heavy (non-hydrogen) atoms. The summed E-state index contributed by atoms with van der Waals surface area (Å²) in [6, 6.07) is 9.02. The van der Waals surface area contributed by atoms with Crippen LogP contribution in [0.3, 0.4) is 0 Å². The molecule has 2 rings (SSSR count). The van der Waals surface area contributed by atoms with Gasteiger partial charge >= 0.3 is 0 Å². The molecule has 0 spiro atoms. The molecule has 0 atom stereocenters. The highest BCUT2D eigenvalue weighted by Gasteiger charge is 2.11. The second-order valence-corrected chi connectivity index (χ2v) is 4.29. The molecule has 3 N–H and O–H groups in total. The summed E-state index contributed by atoms with van der Waals surface area (Å²) >= 11 is 1.07. The quantitative estimate of drug-likeness (QED) is 0.736. The van der Waals surface area contributed by atoms with Gasteiger partial charge in [-0.1, -0.05) is 12.1 Å². The van der Waals surface area contributed by atoms with Gasteiger partial charge in [-0.05, 0) is 24.3 Å². The Bertz CT molecular complexity index is 542. The van der Waals surface area contributed by atoms with E-state index < -0.39 is 11.7 Å². The molecule has 1 aromatic carbocycles. The number of carbonyl (C=O) groups is 1. The molecule has 0 aliphatic heterocycles. The molecule has 1 aromatic heterocycles. The lowest BCUT2D eigenvalue weighted by Gasteiger charge is -2.03. The number of rotatable bonds is 3. The smallest absolute Gasteiger partial charge is 0.265 e. The fourth-order valence-corrected chi connectivity index (χ4v) is 1.96. The van der Waals surface area contributed by atoms with Crippen molar-refractivity contribution in [2.45, 2.75) is 0 Å². The van der Waals surface area contributed by atoms with Crippen molar-refractivity contribution in [2.24, 2.45) is 0 Å². The summed E-state index contributed by atoms with van der Waals surface area (Å²) < 4.78 is 13.3. The van der Waals surface area contributed by atoms with Gasteiger partial charge in [0.15, 0.2) is 0 Å². The van der Waals surface area contributed by atoms with Crippen LogP contribution in [0.2, 0.25) is 0 Å². The van der Waals surface area contributed by atoms with Crippen LogP contribution in [-0.2, 0) is 0 Å². The number of para-hydroxylation sites is 1. The summed E-state index contributed by atoms with van der Waals surface area (Å²) in [7, 11) is 0. The third-order valence-electron chi connectivity index (χ3n) is 2.06. The number of anilines is 2. The number of carbonyl (C=O) groups excluding carboxylic acids is 1. The van der Waals surface area contributed by atoms with Gasteiger partial charge in [-0.15, -0.1) is 11.3 Å². The van der Waals surface area contributed by atoms with Crippen molar-refractivity contribution in [1.29, 1.82) is 0 Å². The highest BCUT2D eigenvalue weighted by atomic mass is 32.1. The standard InChI is InChI=1S/C11H9FN2O2S/c12-7-3-1-2-4-8(7)13-11(15)9-5-6-10(14-16)17-9/h1-6,14,16H,(H,13,15). The largest absolute Gasteiger partial charge is 0.319 e. The zero-order valence-corrected chi connectivity index (χ0v) is 9.42. The van der Waals surface area contributed by atoms with Crippen molar-refractivity contribution in [3.63, 3.8) is 0 Å². The molecule has 0 aliphatic carbocycles. The van der Waals surface area contributed by atoms with Crippen LogP contribution in [0.5, 0.6) is 0 Å². The lowest BCUT2D eigenvalue weighted by molar-refractivity contribution is 0.103. The van der Waals surface area contributed by atoms with E-state index in [4.69, 9.17) is 5.21 Å². The molecular weight excluding hydrogens is 243 g/mol. The van der Waals surface area contributed by atoms with Crippen LogP contribution in [0.1, 0.15) is 9.67 Å². The molecule has 88 valence electrons. The first-order chi connectivity index (χ1) is 8.20. The van der Waals surface area contributed by atoms with Gasteiger partial charge in [0.2, 0.25) is 0 Å². The SMILES string of the molecule is O=C(Nc1ccccc1F)c1ccc(NO)s1. The minimum atomic E-state index is -0.488.